The number of carbonyl (C=O) groups is 2. The lowest BCUT2D eigenvalue weighted by atomic mass is 10.00. The minimum Gasteiger partial charge on any atom is -0.497 e. The van der Waals surface area contributed by atoms with Gasteiger partial charge < -0.3 is 9.64 Å². The molecule has 0 aromatic heterocycles. The summed E-state index contributed by atoms with van der Waals surface area (Å²) >= 11 is 1.63. The molecule has 2 heterocycles. The van der Waals surface area contributed by atoms with Gasteiger partial charge in [0.1, 0.15) is 5.75 Å². The van der Waals surface area contributed by atoms with Gasteiger partial charge in [0.15, 0.2) is 0 Å². The summed E-state index contributed by atoms with van der Waals surface area (Å²) in [6.07, 6.45) is 1.32. The van der Waals surface area contributed by atoms with Gasteiger partial charge in [-0.3, -0.25) is 24.6 Å². The third kappa shape index (κ3) is 3.60. The molecule has 2 saturated heterocycles. The largest absolute Gasteiger partial charge is 0.497 e. The van der Waals surface area contributed by atoms with Crippen molar-refractivity contribution in [2.24, 2.45) is 0 Å². The fourth-order valence-electron chi connectivity index (χ4n) is 4.00. The van der Waals surface area contributed by atoms with Gasteiger partial charge in [0.2, 0.25) is 5.91 Å². The molecule has 2 aliphatic rings. The number of hydrogen-bond acceptors (Lipinski definition) is 6. The lowest BCUT2D eigenvalue weighted by Gasteiger charge is -2.44. The van der Waals surface area contributed by atoms with Crippen molar-refractivity contribution in [3.05, 3.63) is 64.2 Å². The molecule has 0 radical (unpaired) electrons. The van der Waals surface area contributed by atoms with Gasteiger partial charge in [-0.2, -0.15) is 0 Å². The van der Waals surface area contributed by atoms with Gasteiger partial charge in [0.25, 0.3) is 11.6 Å². The minimum absolute atomic E-state index is 0.0415. The Labute approximate surface area is 177 Å². The van der Waals surface area contributed by atoms with Crippen LogP contribution in [0.25, 0.3) is 0 Å². The standard InChI is InChI=1S/C21H21N3O5S/c1-29-18-8-6-16(7-9-18)23-19(25)14-30-21(23)10-12-22(13-11-21)20(26)15-2-4-17(5-3-15)24(27)28/h2-9H,10-14H2,1H3. The van der Waals surface area contributed by atoms with Crippen LogP contribution in [0, 0.1) is 10.1 Å². The maximum Gasteiger partial charge on any atom is 0.269 e. The van der Waals surface area contributed by atoms with E-state index in [4.69, 9.17) is 4.74 Å². The van der Waals surface area contributed by atoms with Crippen molar-refractivity contribution >= 4 is 35.0 Å². The number of benzene rings is 2. The zero-order valence-electron chi connectivity index (χ0n) is 16.4. The number of thioether (sulfide) groups is 1. The maximum atomic E-state index is 12.8. The lowest BCUT2D eigenvalue weighted by Crippen LogP contribution is -2.53. The first-order valence-electron chi connectivity index (χ1n) is 9.58. The summed E-state index contributed by atoms with van der Waals surface area (Å²) in [5.41, 5.74) is 1.22. The number of anilines is 1. The third-order valence-corrected chi connectivity index (χ3v) is 7.13. The van der Waals surface area contributed by atoms with Crippen LogP contribution in [0.5, 0.6) is 5.75 Å². The smallest absolute Gasteiger partial charge is 0.269 e. The van der Waals surface area contributed by atoms with Crippen molar-refractivity contribution in [2.75, 3.05) is 30.9 Å². The van der Waals surface area contributed by atoms with E-state index in [0.29, 0.717) is 37.2 Å². The fraction of sp³-hybridized carbons (Fsp3) is 0.333. The summed E-state index contributed by atoms with van der Waals surface area (Å²) < 4.78 is 5.21. The summed E-state index contributed by atoms with van der Waals surface area (Å²) in [5, 5.41) is 10.8. The number of rotatable bonds is 4. The Balaban J connectivity index is 1.48. The molecule has 2 amide bonds. The summed E-state index contributed by atoms with van der Waals surface area (Å²) in [5.74, 6) is 1.07. The van der Waals surface area contributed by atoms with Gasteiger partial charge in [0.05, 0.1) is 22.7 Å². The molecule has 30 heavy (non-hydrogen) atoms. The Morgan fingerprint density at radius 2 is 1.73 bits per heavy atom. The van der Waals surface area contributed by atoms with Crippen LogP contribution < -0.4 is 9.64 Å². The van der Waals surface area contributed by atoms with Crippen molar-refractivity contribution in [1.82, 2.24) is 4.90 Å². The summed E-state index contributed by atoms with van der Waals surface area (Å²) in [7, 11) is 1.60. The van der Waals surface area contributed by atoms with Gasteiger partial charge in [-0.15, -0.1) is 11.8 Å². The van der Waals surface area contributed by atoms with E-state index in [0.717, 1.165) is 11.4 Å². The molecule has 156 valence electrons. The first-order chi connectivity index (χ1) is 14.4. The Hall–Kier alpha value is -3.07. The molecule has 0 unspecified atom stereocenters. The molecular weight excluding hydrogens is 406 g/mol. The molecule has 2 aromatic carbocycles. The average molecular weight is 427 g/mol. The monoisotopic (exact) mass is 427 g/mol. The van der Waals surface area contributed by atoms with Crippen LogP contribution >= 0.6 is 11.8 Å². The fourth-order valence-corrected chi connectivity index (χ4v) is 5.33. The summed E-state index contributed by atoms with van der Waals surface area (Å²) in [6.45, 7) is 1.03. The van der Waals surface area contributed by atoms with Crippen LogP contribution in [0.1, 0.15) is 23.2 Å². The molecule has 9 heteroatoms. The zero-order valence-corrected chi connectivity index (χ0v) is 17.3. The topological polar surface area (TPSA) is 93.0 Å². The van der Waals surface area contributed by atoms with Gasteiger partial charge in [0, 0.05) is 36.5 Å². The lowest BCUT2D eigenvalue weighted by molar-refractivity contribution is -0.384. The van der Waals surface area contributed by atoms with Crippen LogP contribution in [0.2, 0.25) is 0 Å². The molecule has 0 bridgehead atoms. The van der Waals surface area contributed by atoms with E-state index in [9.17, 15) is 19.7 Å². The van der Waals surface area contributed by atoms with Crippen molar-refractivity contribution in [1.29, 1.82) is 0 Å². The Morgan fingerprint density at radius 1 is 1.10 bits per heavy atom. The quantitative estimate of drug-likeness (QED) is 0.549. The first kappa shape index (κ1) is 20.2. The van der Waals surface area contributed by atoms with E-state index >= 15 is 0 Å². The predicted molar refractivity (Wildman–Crippen MR) is 114 cm³/mol. The van der Waals surface area contributed by atoms with Gasteiger partial charge in [-0.05, 0) is 49.2 Å². The highest BCUT2D eigenvalue weighted by Gasteiger charge is 2.49. The molecule has 0 saturated carbocycles. The second-order valence-corrected chi connectivity index (χ2v) is 8.60. The van der Waals surface area contributed by atoms with Crippen LogP contribution in [0.4, 0.5) is 11.4 Å². The van der Waals surface area contributed by atoms with Crippen molar-refractivity contribution in [3.8, 4) is 5.75 Å². The number of amides is 2. The number of ether oxygens (including phenoxy) is 1. The van der Waals surface area contributed by atoms with Crippen LogP contribution in [0.15, 0.2) is 48.5 Å². The molecule has 0 aliphatic carbocycles. The maximum absolute atomic E-state index is 12.8. The molecule has 2 fully saturated rings. The molecule has 1 spiro atoms. The average Bonchev–Trinajstić information content (AvgIpc) is 3.09. The highest BCUT2D eigenvalue weighted by Crippen LogP contribution is 2.47. The minimum atomic E-state index is -0.485. The molecule has 2 aliphatic heterocycles. The van der Waals surface area contributed by atoms with Crippen molar-refractivity contribution in [3.63, 3.8) is 0 Å². The normalized spacial score (nSPS) is 18.0. The molecule has 8 nitrogen and oxygen atoms in total. The van der Waals surface area contributed by atoms with E-state index in [1.807, 2.05) is 29.2 Å². The zero-order chi connectivity index (χ0) is 21.3. The summed E-state index contributed by atoms with van der Waals surface area (Å²) in [6, 6.07) is 13.1. The van der Waals surface area contributed by atoms with E-state index in [2.05, 4.69) is 0 Å². The van der Waals surface area contributed by atoms with E-state index < -0.39 is 4.92 Å². The van der Waals surface area contributed by atoms with Crippen molar-refractivity contribution < 1.29 is 19.2 Å². The number of nitro groups is 1. The number of methoxy groups -OCH3 is 1. The van der Waals surface area contributed by atoms with Gasteiger partial charge in [-0.25, -0.2) is 0 Å². The van der Waals surface area contributed by atoms with E-state index in [1.54, 1.807) is 23.8 Å². The number of nitrogens with zero attached hydrogens (tertiary/aromatic N) is 3. The molecule has 4 rings (SSSR count). The van der Waals surface area contributed by atoms with E-state index in [-0.39, 0.29) is 22.4 Å². The SMILES string of the molecule is COc1ccc(N2C(=O)CSC23CCN(C(=O)c2ccc([N+](=O)[O-])cc2)CC3)cc1. The van der Waals surface area contributed by atoms with Crippen LogP contribution in [0.3, 0.4) is 0 Å². The number of hydrogen-bond donors (Lipinski definition) is 0. The number of piperidine rings is 1. The number of carbonyl (C=O) groups excluding carboxylic acids is 2. The Kier molecular flexibility index (Phi) is 5.38. The third-order valence-electron chi connectivity index (χ3n) is 5.61. The van der Waals surface area contributed by atoms with E-state index in [1.165, 1.54) is 24.3 Å². The highest BCUT2D eigenvalue weighted by atomic mass is 32.2. The van der Waals surface area contributed by atoms with Gasteiger partial charge >= 0.3 is 0 Å². The van der Waals surface area contributed by atoms with Crippen molar-refractivity contribution in [2.45, 2.75) is 17.7 Å². The predicted octanol–water partition coefficient (Wildman–Crippen LogP) is 3.32. The second kappa shape index (κ2) is 7.98. The van der Waals surface area contributed by atoms with Crippen LogP contribution in [-0.4, -0.2) is 52.5 Å². The molecule has 0 atom stereocenters. The Morgan fingerprint density at radius 3 is 2.30 bits per heavy atom. The first-order valence-corrected chi connectivity index (χ1v) is 10.6. The summed E-state index contributed by atoms with van der Waals surface area (Å²) in [4.78, 5) is 39.1. The van der Waals surface area contributed by atoms with Crippen LogP contribution in [-0.2, 0) is 4.79 Å². The number of likely N-dealkylation sites (tertiary alicyclic amines) is 1. The molecular formula is C21H21N3O5S. The van der Waals surface area contributed by atoms with Gasteiger partial charge in [-0.1, -0.05) is 0 Å². The molecule has 0 N–H and O–H groups in total. The number of nitro benzene ring substituents is 1. The molecule has 2 aromatic rings. The Bertz CT molecular complexity index is 969. The highest BCUT2D eigenvalue weighted by molar-refractivity contribution is 8.02. The second-order valence-electron chi connectivity index (χ2n) is 7.26. The number of non-ortho nitro benzene ring substituents is 1.